The fraction of sp³-hybridized carbons (Fsp3) is 0.529. The quantitative estimate of drug-likeness (QED) is 0.413. The highest BCUT2D eigenvalue weighted by Gasteiger charge is 2.15. The summed E-state index contributed by atoms with van der Waals surface area (Å²) >= 11 is 0. The topological polar surface area (TPSA) is 120 Å². The molecule has 0 aliphatic carbocycles. The van der Waals surface area contributed by atoms with Crippen LogP contribution in [0.3, 0.4) is 0 Å². The molecule has 0 unspecified atom stereocenters. The molecule has 2 amide bonds. The van der Waals surface area contributed by atoms with Gasteiger partial charge in [-0.2, -0.15) is 0 Å². The van der Waals surface area contributed by atoms with E-state index in [1.54, 1.807) is 27.7 Å². The Kier molecular flexibility index (Phi) is 7.98. The van der Waals surface area contributed by atoms with Crippen LogP contribution in [0.15, 0.2) is 18.2 Å². The average molecular weight is 367 g/mol. The molecule has 0 saturated carbocycles. The minimum Gasteiger partial charge on any atom is -0.444 e. The molecule has 0 aliphatic heterocycles. The molecule has 0 atom stereocenters. The van der Waals surface area contributed by atoms with E-state index in [0.29, 0.717) is 17.7 Å². The Hall–Kier alpha value is -2.68. The lowest BCUT2D eigenvalue weighted by atomic mass is 10.1. The third-order valence-corrected chi connectivity index (χ3v) is 3.11. The normalized spacial score (nSPS) is 10.9. The van der Waals surface area contributed by atoms with E-state index in [1.807, 2.05) is 0 Å². The number of nitrogens with one attached hydrogen (secondary N) is 2. The monoisotopic (exact) mass is 367 g/mol. The molecule has 0 saturated heterocycles. The summed E-state index contributed by atoms with van der Waals surface area (Å²) in [6, 6.07) is 4.07. The number of nitro benzene ring substituents is 1. The number of carbonyl (C=O) groups is 2. The molecule has 0 bridgehead atoms. The van der Waals surface area contributed by atoms with Crippen LogP contribution in [0.2, 0.25) is 0 Å². The molecule has 0 spiro atoms. The van der Waals surface area contributed by atoms with Crippen molar-refractivity contribution in [2.45, 2.75) is 33.3 Å². The molecule has 0 aliphatic rings. The average Bonchev–Trinajstić information content (AvgIpc) is 2.51. The number of rotatable bonds is 8. The van der Waals surface area contributed by atoms with Crippen molar-refractivity contribution in [1.29, 1.82) is 0 Å². The van der Waals surface area contributed by atoms with E-state index in [9.17, 15) is 19.7 Å². The van der Waals surface area contributed by atoms with Gasteiger partial charge in [0.05, 0.1) is 18.1 Å². The van der Waals surface area contributed by atoms with E-state index < -0.39 is 16.6 Å². The number of hydrogen-bond acceptors (Lipinski definition) is 6. The molecule has 9 nitrogen and oxygen atoms in total. The molecule has 0 radical (unpaired) electrons. The summed E-state index contributed by atoms with van der Waals surface area (Å²) in [5.74, 6) is -0.326. The van der Waals surface area contributed by atoms with Crippen molar-refractivity contribution in [2.75, 3.05) is 26.3 Å². The lowest BCUT2D eigenvalue weighted by Crippen LogP contribution is -2.34. The summed E-state index contributed by atoms with van der Waals surface area (Å²) in [5.41, 5.74) is 0.298. The Morgan fingerprint density at radius 2 is 1.77 bits per heavy atom. The van der Waals surface area contributed by atoms with Gasteiger partial charge >= 0.3 is 6.09 Å². The Balaban J connectivity index is 2.23. The lowest BCUT2D eigenvalue weighted by Gasteiger charge is -2.19. The second-order valence-electron chi connectivity index (χ2n) is 6.55. The van der Waals surface area contributed by atoms with Crippen molar-refractivity contribution in [3.63, 3.8) is 0 Å². The number of carbonyl (C=O) groups excluding carboxylic acids is 2. The van der Waals surface area contributed by atoms with Crippen molar-refractivity contribution in [2.24, 2.45) is 0 Å². The van der Waals surface area contributed by atoms with Crippen LogP contribution in [0.5, 0.6) is 0 Å². The molecule has 0 fully saturated rings. The molecule has 1 rings (SSSR count). The molecule has 2 N–H and O–H groups in total. The number of amides is 2. The number of ether oxygens (including phenoxy) is 2. The second-order valence-corrected chi connectivity index (χ2v) is 6.55. The van der Waals surface area contributed by atoms with Gasteiger partial charge in [-0.3, -0.25) is 14.9 Å². The van der Waals surface area contributed by atoms with Crippen LogP contribution in [-0.4, -0.2) is 48.8 Å². The first-order valence-electron chi connectivity index (χ1n) is 8.18. The molecule has 1 aromatic rings. The first kappa shape index (κ1) is 21.4. The minimum atomic E-state index is -0.550. The first-order chi connectivity index (χ1) is 12.1. The Bertz CT molecular complexity index is 654. The molecule has 26 heavy (non-hydrogen) atoms. The molecule has 0 heterocycles. The molecule has 144 valence electrons. The third-order valence-electron chi connectivity index (χ3n) is 3.11. The zero-order valence-electron chi connectivity index (χ0n) is 15.5. The molecule has 0 aromatic heterocycles. The van der Waals surface area contributed by atoms with Gasteiger partial charge in [0, 0.05) is 30.8 Å². The van der Waals surface area contributed by atoms with Gasteiger partial charge in [0.15, 0.2) is 0 Å². The van der Waals surface area contributed by atoms with Gasteiger partial charge in [-0.15, -0.1) is 0 Å². The van der Waals surface area contributed by atoms with Crippen molar-refractivity contribution in [3.05, 3.63) is 39.4 Å². The van der Waals surface area contributed by atoms with Gasteiger partial charge in [-0.1, -0.05) is 0 Å². The van der Waals surface area contributed by atoms with Crippen molar-refractivity contribution in [1.82, 2.24) is 10.6 Å². The van der Waals surface area contributed by atoms with E-state index in [1.165, 1.54) is 18.2 Å². The Morgan fingerprint density at radius 1 is 1.15 bits per heavy atom. The highest BCUT2D eigenvalue weighted by Crippen LogP contribution is 2.16. The number of nitrogens with zero attached hydrogens (tertiary/aromatic N) is 1. The van der Waals surface area contributed by atoms with Crippen LogP contribution in [0, 0.1) is 17.0 Å². The maximum Gasteiger partial charge on any atom is 0.407 e. The smallest absolute Gasteiger partial charge is 0.407 e. The van der Waals surface area contributed by atoms with Gasteiger partial charge in [0.2, 0.25) is 0 Å². The van der Waals surface area contributed by atoms with Crippen LogP contribution < -0.4 is 10.6 Å². The summed E-state index contributed by atoms with van der Waals surface area (Å²) < 4.78 is 10.4. The largest absolute Gasteiger partial charge is 0.444 e. The third kappa shape index (κ3) is 7.93. The predicted molar refractivity (Wildman–Crippen MR) is 95.2 cm³/mol. The van der Waals surface area contributed by atoms with Crippen LogP contribution in [0.25, 0.3) is 0 Å². The summed E-state index contributed by atoms with van der Waals surface area (Å²) in [6.45, 7) is 8.10. The number of non-ortho nitro benzene ring substituents is 1. The predicted octanol–water partition coefficient (Wildman–Crippen LogP) is 2.17. The SMILES string of the molecule is Cc1cc([N+](=O)[O-])ccc1C(=O)NCCOCCNC(=O)OC(C)(C)C. The van der Waals surface area contributed by atoms with Gasteiger partial charge < -0.3 is 20.1 Å². The molecular weight excluding hydrogens is 342 g/mol. The van der Waals surface area contributed by atoms with E-state index in [2.05, 4.69) is 10.6 Å². The van der Waals surface area contributed by atoms with Gasteiger partial charge in [0.1, 0.15) is 5.60 Å². The number of benzene rings is 1. The fourth-order valence-corrected chi connectivity index (χ4v) is 1.99. The second kappa shape index (κ2) is 9.71. The van der Waals surface area contributed by atoms with E-state index in [-0.39, 0.29) is 31.4 Å². The Morgan fingerprint density at radius 3 is 2.31 bits per heavy atom. The summed E-state index contributed by atoms with van der Waals surface area (Å²) in [6.07, 6.45) is -0.511. The van der Waals surface area contributed by atoms with Crippen molar-refractivity contribution >= 4 is 17.7 Å². The maximum absolute atomic E-state index is 12.0. The zero-order valence-corrected chi connectivity index (χ0v) is 15.5. The van der Waals surface area contributed by atoms with Crippen LogP contribution in [0.1, 0.15) is 36.7 Å². The van der Waals surface area contributed by atoms with Crippen molar-refractivity contribution in [3.8, 4) is 0 Å². The number of hydrogen-bond donors (Lipinski definition) is 2. The highest BCUT2D eigenvalue weighted by molar-refractivity contribution is 5.95. The van der Waals surface area contributed by atoms with Gasteiger partial charge in [0.25, 0.3) is 11.6 Å². The number of aryl methyl sites for hydroxylation is 1. The maximum atomic E-state index is 12.0. The summed E-state index contributed by atoms with van der Waals surface area (Å²) in [4.78, 5) is 33.6. The molecule has 9 heteroatoms. The Labute approximate surface area is 152 Å². The van der Waals surface area contributed by atoms with Crippen LogP contribution >= 0.6 is 0 Å². The summed E-state index contributed by atoms with van der Waals surface area (Å²) in [7, 11) is 0. The number of alkyl carbamates (subject to hydrolysis) is 1. The standard InChI is InChI=1S/C17H25N3O6/c1-12-11-13(20(23)24)5-6-14(12)15(21)18-7-9-25-10-8-19-16(22)26-17(2,3)4/h5-6,11H,7-10H2,1-4H3,(H,18,21)(H,19,22). The minimum absolute atomic E-state index is 0.0557. The van der Waals surface area contributed by atoms with Crippen LogP contribution in [0.4, 0.5) is 10.5 Å². The van der Waals surface area contributed by atoms with Gasteiger partial charge in [-0.05, 0) is 39.3 Å². The molecule has 1 aromatic carbocycles. The lowest BCUT2D eigenvalue weighted by molar-refractivity contribution is -0.384. The molecular formula is C17H25N3O6. The number of nitro groups is 1. The van der Waals surface area contributed by atoms with E-state index >= 15 is 0 Å². The van der Waals surface area contributed by atoms with Crippen molar-refractivity contribution < 1.29 is 24.0 Å². The highest BCUT2D eigenvalue weighted by atomic mass is 16.6. The zero-order chi connectivity index (χ0) is 19.7. The van der Waals surface area contributed by atoms with E-state index in [0.717, 1.165) is 0 Å². The summed E-state index contributed by atoms with van der Waals surface area (Å²) in [5, 5.41) is 15.9. The fourth-order valence-electron chi connectivity index (χ4n) is 1.99. The van der Waals surface area contributed by atoms with Gasteiger partial charge in [-0.25, -0.2) is 4.79 Å². The van der Waals surface area contributed by atoms with E-state index in [4.69, 9.17) is 9.47 Å². The van der Waals surface area contributed by atoms with Crippen LogP contribution in [-0.2, 0) is 9.47 Å². The first-order valence-corrected chi connectivity index (χ1v) is 8.18.